The Morgan fingerprint density at radius 3 is 2.83 bits per heavy atom. The number of hydrogen-bond acceptors (Lipinski definition) is 3. The van der Waals surface area contributed by atoms with Gasteiger partial charge in [-0.2, -0.15) is 5.10 Å². The van der Waals surface area contributed by atoms with Gasteiger partial charge in [-0.3, -0.25) is 9.67 Å². The fourth-order valence-corrected chi connectivity index (χ4v) is 2.53. The van der Waals surface area contributed by atoms with Gasteiger partial charge >= 0.3 is 0 Å². The number of rotatable bonds is 8. The van der Waals surface area contributed by atoms with Crippen LogP contribution in [0.25, 0.3) is 0 Å². The van der Waals surface area contributed by atoms with Crippen molar-refractivity contribution in [3.63, 3.8) is 0 Å². The van der Waals surface area contributed by atoms with Crippen molar-refractivity contribution in [3.05, 3.63) is 48.3 Å². The van der Waals surface area contributed by atoms with Gasteiger partial charge < -0.3 is 15.4 Å². The number of guanidine groups is 1. The van der Waals surface area contributed by atoms with Gasteiger partial charge in [0.15, 0.2) is 5.96 Å². The van der Waals surface area contributed by atoms with E-state index in [9.17, 15) is 0 Å². The Labute approximate surface area is 143 Å². The lowest BCUT2D eigenvalue weighted by molar-refractivity contribution is 0.406. The molecule has 0 aliphatic carbocycles. The molecule has 6 nitrogen and oxygen atoms in total. The van der Waals surface area contributed by atoms with E-state index in [1.807, 2.05) is 35.1 Å². The summed E-state index contributed by atoms with van der Waals surface area (Å²) in [5, 5.41) is 10.9. The van der Waals surface area contributed by atoms with Crippen LogP contribution in [0.5, 0.6) is 5.75 Å². The molecule has 2 N–H and O–H groups in total. The minimum atomic E-state index is 0.323. The first-order valence-electron chi connectivity index (χ1n) is 8.29. The third kappa shape index (κ3) is 5.30. The lowest BCUT2D eigenvalue weighted by Crippen LogP contribution is -2.39. The molecule has 0 amide bonds. The Morgan fingerprint density at radius 2 is 2.12 bits per heavy atom. The zero-order valence-corrected chi connectivity index (χ0v) is 14.7. The third-order valence-corrected chi connectivity index (χ3v) is 3.88. The van der Waals surface area contributed by atoms with Gasteiger partial charge in [-0.05, 0) is 24.1 Å². The highest BCUT2D eigenvalue weighted by Crippen LogP contribution is 2.25. The Hall–Kier alpha value is -2.50. The highest BCUT2D eigenvalue weighted by atomic mass is 16.5. The second-order valence-corrected chi connectivity index (χ2v) is 5.65. The quantitative estimate of drug-likeness (QED) is 0.443. The number of methoxy groups -OCH3 is 1. The van der Waals surface area contributed by atoms with Crippen LogP contribution in [0.3, 0.4) is 0 Å². The second kappa shape index (κ2) is 9.60. The molecular formula is C18H27N5O. The molecule has 2 aromatic rings. The van der Waals surface area contributed by atoms with Crippen molar-refractivity contribution in [2.45, 2.75) is 25.8 Å². The monoisotopic (exact) mass is 329 g/mol. The Kier molecular flexibility index (Phi) is 7.14. The topological polar surface area (TPSA) is 63.5 Å². The number of ether oxygens (including phenoxy) is 1. The zero-order valence-electron chi connectivity index (χ0n) is 14.7. The maximum atomic E-state index is 5.43. The third-order valence-electron chi connectivity index (χ3n) is 3.88. The molecule has 1 unspecified atom stereocenters. The number of aromatic nitrogens is 2. The summed E-state index contributed by atoms with van der Waals surface area (Å²) < 4.78 is 7.36. The van der Waals surface area contributed by atoms with Gasteiger partial charge in [0, 0.05) is 45.0 Å². The summed E-state index contributed by atoms with van der Waals surface area (Å²) in [4.78, 5) is 4.27. The van der Waals surface area contributed by atoms with Crippen LogP contribution in [0.2, 0.25) is 0 Å². The predicted octanol–water partition coefficient (Wildman–Crippen LogP) is 2.25. The summed E-state index contributed by atoms with van der Waals surface area (Å²) in [6, 6.07) is 10.1. The average Bonchev–Trinajstić information content (AvgIpc) is 3.14. The number of nitrogens with one attached hydrogen (secondary N) is 2. The van der Waals surface area contributed by atoms with Crippen LogP contribution in [-0.4, -0.2) is 43.0 Å². The smallest absolute Gasteiger partial charge is 0.190 e. The van der Waals surface area contributed by atoms with E-state index < -0.39 is 0 Å². The molecule has 0 aliphatic heterocycles. The van der Waals surface area contributed by atoms with Crippen molar-refractivity contribution >= 4 is 5.96 Å². The molecule has 0 aliphatic rings. The fourth-order valence-electron chi connectivity index (χ4n) is 2.53. The fraction of sp³-hybridized carbons (Fsp3) is 0.444. The highest BCUT2D eigenvalue weighted by molar-refractivity contribution is 5.79. The molecule has 0 fully saturated rings. The normalized spacial score (nSPS) is 12.7. The lowest BCUT2D eigenvalue weighted by Gasteiger charge is -2.18. The molecule has 0 saturated carbocycles. The van der Waals surface area contributed by atoms with Crippen molar-refractivity contribution in [1.82, 2.24) is 20.4 Å². The second-order valence-electron chi connectivity index (χ2n) is 5.65. The maximum absolute atomic E-state index is 5.43. The number of hydrogen-bond donors (Lipinski definition) is 2. The van der Waals surface area contributed by atoms with Gasteiger partial charge in [-0.15, -0.1) is 0 Å². The van der Waals surface area contributed by atoms with Gasteiger partial charge in [0.05, 0.1) is 7.11 Å². The van der Waals surface area contributed by atoms with Crippen LogP contribution >= 0.6 is 0 Å². The van der Waals surface area contributed by atoms with Crippen LogP contribution in [-0.2, 0) is 6.54 Å². The molecule has 1 atom stereocenters. The number of aliphatic imine (C=N–C) groups is 1. The van der Waals surface area contributed by atoms with Crippen LogP contribution in [0.4, 0.5) is 0 Å². The Morgan fingerprint density at radius 1 is 1.29 bits per heavy atom. The molecule has 0 spiro atoms. The molecule has 2 rings (SSSR count). The summed E-state index contributed by atoms with van der Waals surface area (Å²) in [7, 11) is 3.50. The van der Waals surface area contributed by atoms with Gasteiger partial charge in [-0.1, -0.05) is 25.1 Å². The van der Waals surface area contributed by atoms with E-state index in [1.165, 1.54) is 5.56 Å². The molecule has 0 bridgehead atoms. The van der Waals surface area contributed by atoms with E-state index in [0.717, 1.165) is 37.8 Å². The van der Waals surface area contributed by atoms with Gasteiger partial charge in [0.2, 0.25) is 0 Å². The van der Waals surface area contributed by atoms with Crippen LogP contribution in [0, 0.1) is 0 Å². The summed E-state index contributed by atoms with van der Waals surface area (Å²) in [5.74, 6) is 2.06. The zero-order chi connectivity index (χ0) is 17.2. The van der Waals surface area contributed by atoms with Crippen molar-refractivity contribution in [2.75, 3.05) is 27.2 Å². The van der Waals surface area contributed by atoms with Crippen molar-refractivity contribution < 1.29 is 4.74 Å². The van der Waals surface area contributed by atoms with Gasteiger partial charge in [0.1, 0.15) is 5.75 Å². The molecule has 1 aromatic heterocycles. The minimum absolute atomic E-state index is 0.323. The molecule has 130 valence electrons. The standard InChI is InChI=1S/C18H27N5O/c1-15(16-8-4-5-9-17(16)24-3)14-21-18(19-2)20-10-6-12-23-13-7-11-22-23/h4-5,7-9,11,13,15H,6,10,12,14H2,1-3H3,(H2,19,20,21). The molecule has 1 heterocycles. The average molecular weight is 329 g/mol. The van der Waals surface area contributed by atoms with Crippen LogP contribution in [0.15, 0.2) is 47.7 Å². The number of benzene rings is 1. The summed E-state index contributed by atoms with van der Waals surface area (Å²) >= 11 is 0. The lowest BCUT2D eigenvalue weighted by atomic mass is 10.0. The molecule has 24 heavy (non-hydrogen) atoms. The predicted molar refractivity (Wildman–Crippen MR) is 97.6 cm³/mol. The van der Waals surface area contributed by atoms with E-state index in [-0.39, 0.29) is 0 Å². The van der Waals surface area contributed by atoms with E-state index in [2.05, 4.69) is 33.7 Å². The first-order chi connectivity index (χ1) is 11.7. The van der Waals surface area contributed by atoms with Crippen molar-refractivity contribution in [2.24, 2.45) is 4.99 Å². The van der Waals surface area contributed by atoms with E-state index in [1.54, 1.807) is 20.4 Å². The van der Waals surface area contributed by atoms with E-state index in [0.29, 0.717) is 5.92 Å². The Balaban J connectivity index is 1.74. The highest BCUT2D eigenvalue weighted by Gasteiger charge is 2.11. The Bertz CT molecular complexity index is 624. The van der Waals surface area contributed by atoms with Crippen LogP contribution in [0.1, 0.15) is 24.8 Å². The largest absolute Gasteiger partial charge is 0.496 e. The molecule has 0 radical (unpaired) electrons. The SMILES string of the molecule is CN=C(NCCCn1cccn1)NCC(C)c1ccccc1OC. The van der Waals surface area contributed by atoms with Crippen LogP contribution < -0.4 is 15.4 Å². The van der Waals surface area contributed by atoms with E-state index in [4.69, 9.17) is 4.74 Å². The van der Waals surface area contributed by atoms with Crippen molar-refractivity contribution in [1.29, 1.82) is 0 Å². The first-order valence-corrected chi connectivity index (χ1v) is 8.29. The number of para-hydroxylation sites is 1. The molecule has 6 heteroatoms. The summed E-state index contributed by atoms with van der Waals surface area (Å²) in [6.07, 6.45) is 4.76. The van der Waals surface area contributed by atoms with E-state index >= 15 is 0 Å². The number of aryl methyl sites for hydroxylation is 1. The van der Waals surface area contributed by atoms with Gasteiger partial charge in [-0.25, -0.2) is 0 Å². The minimum Gasteiger partial charge on any atom is -0.496 e. The maximum Gasteiger partial charge on any atom is 0.190 e. The molecule has 1 aromatic carbocycles. The molecular weight excluding hydrogens is 302 g/mol. The van der Waals surface area contributed by atoms with Crippen molar-refractivity contribution in [3.8, 4) is 5.75 Å². The summed E-state index contributed by atoms with van der Waals surface area (Å²) in [6.45, 7) is 4.71. The number of nitrogens with zero attached hydrogens (tertiary/aromatic N) is 3. The first kappa shape index (κ1) is 17.8. The summed E-state index contributed by atoms with van der Waals surface area (Å²) in [5.41, 5.74) is 1.20. The van der Waals surface area contributed by atoms with Gasteiger partial charge in [0.25, 0.3) is 0 Å². The molecule has 0 saturated heterocycles.